The Morgan fingerprint density at radius 2 is 2.18 bits per heavy atom. The van der Waals surface area contributed by atoms with Gasteiger partial charge < -0.3 is 0 Å². The normalized spacial score (nSPS) is 11.6. The zero-order chi connectivity index (χ0) is 12.5. The predicted octanol–water partition coefficient (Wildman–Crippen LogP) is 0.323. The number of hydrogen-bond acceptors (Lipinski definition) is 5. The molecule has 0 bridgehead atoms. The molecule has 2 aromatic rings. The fourth-order valence-corrected chi connectivity index (χ4v) is 2.49. The van der Waals surface area contributed by atoms with E-state index in [0.717, 1.165) is 10.9 Å². The van der Waals surface area contributed by atoms with Gasteiger partial charge in [0.15, 0.2) is 15.7 Å². The van der Waals surface area contributed by atoms with Crippen LogP contribution in [0.25, 0.3) is 0 Å². The summed E-state index contributed by atoms with van der Waals surface area (Å²) in [5, 5.41) is 10.9. The zero-order valence-corrected chi connectivity index (χ0v) is 9.72. The fourth-order valence-electron chi connectivity index (χ4n) is 1.29. The van der Waals surface area contributed by atoms with Gasteiger partial charge in [0, 0.05) is 0 Å². The largest absolute Gasteiger partial charge is 0.223 e. The first-order chi connectivity index (χ1) is 7.97. The first-order valence-corrected chi connectivity index (χ1v) is 6.34. The molecule has 0 aliphatic heterocycles. The van der Waals surface area contributed by atoms with Crippen molar-refractivity contribution >= 4 is 9.84 Å². The summed E-state index contributed by atoms with van der Waals surface area (Å²) < 4.78 is 36.7. The average molecular weight is 256 g/mol. The van der Waals surface area contributed by atoms with E-state index < -0.39 is 21.4 Å². The van der Waals surface area contributed by atoms with Crippen molar-refractivity contribution in [2.45, 2.75) is 10.6 Å². The van der Waals surface area contributed by atoms with Gasteiger partial charge in [0.2, 0.25) is 0 Å². The van der Waals surface area contributed by atoms with Crippen molar-refractivity contribution in [2.75, 3.05) is 0 Å². The predicted molar refractivity (Wildman–Crippen MR) is 56.1 cm³/mol. The number of aryl methyl sites for hydroxylation is 1. The molecule has 1 heterocycles. The summed E-state index contributed by atoms with van der Waals surface area (Å²) in [7, 11) is -2.11. The third-order valence-electron chi connectivity index (χ3n) is 2.02. The van der Waals surface area contributed by atoms with Crippen LogP contribution >= 0.6 is 0 Å². The Morgan fingerprint density at radius 3 is 2.76 bits per heavy atom. The van der Waals surface area contributed by atoms with Crippen molar-refractivity contribution in [3.8, 4) is 0 Å². The maximum absolute atomic E-state index is 12.9. The lowest BCUT2D eigenvalue weighted by Crippen LogP contribution is -2.07. The molecule has 8 heteroatoms. The molecule has 0 saturated heterocycles. The van der Waals surface area contributed by atoms with E-state index in [1.807, 2.05) is 0 Å². The quantitative estimate of drug-likeness (QED) is 0.790. The Morgan fingerprint density at radius 1 is 1.41 bits per heavy atom. The van der Waals surface area contributed by atoms with E-state index in [1.165, 1.54) is 25.2 Å². The van der Waals surface area contributed by atoms with E-state index in [1.54, 1.807) is 0 Å². The molecule has 0 saturated carbocycles. The molecule has 0 aliphatic rings. The van der Waals surface area contributed by atoms with Crippen molar-refractivity contribution < 1.29 is 12.8 Å². The molecule has 0 N–H and O–H groups in total. The highest BCUT2D eigenvalue weighted by Gasteiger charge is 2.18. The summed E-state index contributed by atoms with van der Waals surface area (Å²) in [6, 6.07) is 4.81. The van der Waals surface area contributed by atoms with E-state index in [0.29, 0.717) is 0 Å². The lowest BCUT2D eigenvalue weighted by molar-refractivity contribution is 0.588. The average Bonchev–Trinajstić information content (AvgIpc) is 2.63. The molecule has 17 heavy (non-hydrogen) atoms. The number of hydrogen-bond donors (Lipinski definition) is 0. The first kappa shape index (κ1) is 11.6. The van der Waals surface area contributed by atoms with Crippen LogP contribution in [-0.4, -0.2) is 28.6 Å². The van der Waals surface area contributed by atoms with Crippen LogP contribution in [0.5, 0.6) is 0 Å². The van der Waals surface area contributed by atoms with Gasteiger partial charge in [0.25, 0.3) is 0 Å². The topological polar surface area (TPSA) is 77.7 Å². The Hall–Kier alpha value is -1.83. The zero-order valence-electron chi connectivity index (χ0n) is 8.91. The summed E-state index contributed by atoms with van der Waals surface area (Å²) in [5.74, 6) is -0.917. The highest BCUT2D eigenvalue weighted by Crippen LogP contribution is 2.15. The third-order valence-corrected chi connectivity index (χ3v) is 3.63. The minimum absolute atomic E-state index is 0.0803. The van der Waals surface area contributed by atoms with Gasteiger partial charge in [0.1, 0.15) is 11.6 Å². The van der Waals surface area contributed by atoms with E-state index in [2.05, 4.69) is 15.4 Å². The van der Waals surface area contributed by atoms with E-state index in [4.69, 9.17) is 0 Å². The van der Waals surface area contributed by atoms with E-state index in [-0.39, 0.29) is 10.7 Å². The Balaban J connectivity index is 2.31. The Labute approximate surface area is 97.0 Å². The second-order valence-corrected chi connectivity index (χ2v) is 5.40. The number of benzene rings is 1. The van der Waals surface area contributed by atoms with Gasteiger partial charge in [-0.05, 0) is 23.4 Å². The van der Waals surface area contributed by atoms with Gasteiger partial charge in [-0.25, -0.2) is 12.8 Å². The number of nitrogens with zero attached hydrogens (tertiary/aromatic N) is 4. The first-order valence-electron chi connectivity index (χ1n) is 4.68. The van der Waals surface area contributed by atoms with E-state index >= 15 is 0 Å². The molecule has 0 radical (unpaired) electrons. The molecule has 0 unspecified atom stereocenters. The van der Waals surface area contributed by atoms with Gasteiger partial charge >= 0.3 is 0 Å². The molecule has 1 aromatic carbocycles. The number of sulfone groups is 1. The van der Waals surface area contributed by atoms with Crippen LogP contribution in [0.4, 0.5) is 4.39 Å². The summed E-state index contributed by atoms with van der Waals surface area (Å²) in [4.78, 5) is 1.07. The van der Waals surface area contributed by atoms with Crippen LogP contribution in [-0.2, 0) is 22.6 Å². The van der Waals surface area contributed by atoms with Crippen LogP contribution in [0.2, 0.25) is 0 Å². The molecule has 6 nitrogen and oxygen atoms in total. The number of tetrazole rings is 1. The molecule has 90 valence electrons. The SMILES string of the molecule is Cn1nnc(CS(=O)(=O)c2cccc(F)c2)n1. The minimum atomic E-state index is -3.64. The maximum atomic E-state index is 12.9. The molecule has 1 aromatic heterocycles. The molecule has 0 amide bonds. The molecular formula is C9H9FN4O2S. The second kappa shape index (κ2) is 4.21. The molecule has 0 atom stereocenters. The van der Waals surface area contributed by atoms with Gasteiger partial charge in [-0.15, -0.1) is 10.2 Å². The number of halogens is 1. The maximum Gasteiger partial charge on any atom is 0.190 e. The van der Waals surface area contributed by atoms with Crippen LogP contribution in [0.3, 0.4) is 0 Å². The molecule has 0 fully saturated rings. The van der Waals surface area contributed by atoms with Crippen LogP contribution in [0.15, 0.2) is 29.2 Å². The highest BCUT2D eigenvalue weighted by atomic mass is 32.2. The smallest absolute Gasteiger partial charge is 0.190 e. The third kappa shape index (κ3) is 2.64. The molecule has 0 spiro atoms. The summed E-state index contributed by atoms with van der Waals surface area (Å²) in [6.45, 7) is 0. The van der Waals surface area contributed by atoms with Crippen molar-refractivity contribution in [1.82, 2.24) is 20.2 Å². The fraction of sp³-hybridized carbons (Fsp3) is 0.222. The molecule has 2 rings (SSSR count). The van der Waals surface area contributed by atoms with Crippen molar-refractivity contribution in [2.24, 2.45) is 7.05 Å². The van der Waals surface area contributed by atoms with Crippen LogP contribution < -0.4 is 0 Å². The minimum Gasteiger partial charge on any atom is -0.223 e. The molecular weight excluding hydrogens is 247 g/mol. The van der Waals surface area contributed by atoms with Crippen LogP contribution in [0, 0.1) is 5.82 Å². The van der Waals surface area contributed by atoms with Gasteiger partial charge in [-0.2, -0.15) is 4.80 Å². The lowest BCUT2D eigenvalue weighted by atomic mass is 10.4. The Kier molecular flexibility index (Phi) is 2.88. The van der Waals surface area contributed by atoms with E-state index in [9.17, 15) is 12.8 Å². The van der Waals surface area contributed by atoms with Crippen LogP contribution in [0.1, 0.15) is 5.82 Å². The van der Waals surface area contributed by atoms with Crippen molar-refractivity contribution in [3.05, 3.63) is 35.9 Å². The van der Waals surface area contributed by atoms with Gasteiger partial charge in [-0.3, -0.25) is 0 Å². The summed E-state index contributed by atoms with van der Waals surface area (Å²) >= 11 is 0. The number of rotatable bonds is 3. The van der Waals surface area contributed by atoms with Crippen molar-refractivity contribution in [3.63, 3.8) is 0 Å². The summed E-state index contributed by atoms with van der Waals surface area (Å²) in [5.41, 5.74) is 0. The Bertz CT molecular complexity index is 638. The number of aromatic nitrogens is 4. The second-order valence-electron chi connectivity index (χ2n) is 3.41. The monoisotopic (exact) mass is 256 g/mol. The lowest BCUT2D eigenvalue weighted by Gasteiger charge is -2.01. The van der Waals surface area contributed by atoms with Gasteiger partial charge in [-0.1, -0.05) is 6.07 Å². The van der Waals surface area contributed by atoms with Crippen molar-refractivity contribution in [1.29, 1.82) is 0 Å². The summed E-state index contributed by atoms with van der Waals surface area (Å²) in [6.07, 6.45) is 0. The standard InChI is InChI=1S/C9H9FN4O2S/c1-14-12-9(11-13-14)6-17(15,16)8-4-2-3-7(10)5-8/h2-5H,6H2,1H3. The highest BCUT2D eigenvalue weighted by molar-refractivity contribution is 7.90. The van der Waals surface area contributed by atoms with Gasteiger partial charge in [0.05, 0.1) is 11.9 Å². The molecule has 0 aliphatic carbocycles.